The number of aromatic nitrogens is 2. The molecule has 1 heterocycles. The zero-order valence-electron chi connectivity index (χ0n) is 11.7. The molecule has 7 heteroatoms. The van der Waals surface area contributed by atoms with Crippen LogP contribution in [0.5, 0.6) is 0 Å². The van der Waals surface area contributed by atoms with Crippen molar-refractivity contribution < 1.29 is 9.53 Å². The number of ether oxygens (including phenoxy) is 1. The fraction of sp³-hybridized carbons (Fsp3) is 0.667. The Labute approximate surface area is 121 Å². The number of amides is 1. The summed E-state index contributed by atoms with van der Waals surface area (Å²) in [6.07, 6.45) is 0.148. The predicted octanol–water partition coefficient (Wildman–Crippen LogP) is 1.58. The zero-order chi connectivity index (χ0) is 14.6. The average molecular weight is 333 g/mol. The Morgan fingerprint density at radius 1 is 1.63 bits per heavy atom. The van der Waals surface area contributed by atoms with E-state index in [2.05, 4.69) is 26.3 Å². The number of nitrogens with two attached hydrogens (primary N) is 1. The normalized spacial score (nSPS) is 13.2. The van der Waals surface area contributed by atoms with Crippen molar-refractivity contribution in [2.24, 2.45) is 12.8 Å². The minimum atomic E-state index is -0.515. The predicted molar refractivity (Wildman–Crippen MR) is 76.8 cm³/mol. The molecule has 1 aromatic heterocycles. The van der Waals surface area contributed by atoms with Crippen LogP contribution >= 0.6 is 15.9 Å². The van der Waals surface area contributed by atoms with Crippen molar-refractivity contribution in [3.05, 3.63) is 16.4 Å². The molecule has 0 aliphatic rings. The van der Waals surface area contributed by atoms with Crippen LogP contribution in [0, 0.1) is 0 Å². The summed E-state index contributed by atoms with van der Waals surface area (Å²) in [4.78, 5) is 11.7. The van der Waals surface area contributed by atoms with Gasteiger partial charge < -0.3 is 15.8 Å². The van der Waals surface area contributed by atoms with Crippen LogP contribution in [0.25, 0.3) is 0 Å². The topological polar surface area (TPSA) is 82.2 Å². The number of aryl methyl sites for hydroxylation is 1. The van der Waals surface area contributed by atoms with Crippen LogP contribution in [0.2, 0.25) is 0 Å². The highest BCUT2D eigenvalue weighted by Gasteiger charge is 2.20. The Bertz CT molecular complexity index is 439. The number of rotatable bonds is 4. The van der Waals surface area contributed by atoms with E-state index >= 15 is 0 Å². The molecule has 6 nitrogen and oxygen atoms in total. The summed E-state index contributed by atoms with van der Waals surface area (Å²) in [5, 5.41) is 6.95. The van der Waals surface area contributed by atoms with Crippen LogP contribution in [-0.2, 0) is 18.2 Å². The number of nitrogens with one attached hydrogen (secondary N) is 1. The van der Waals surface area contributed by atoms with Gasteiger partial charge in [-0.3, -0.25) is 4.68 Å². The lowest BCUT2D eigenvalue weighted by molar-refractivity contribution is 0.0505. The van der Waals surface area contributed by atoms with Crippen molar-refractivity contribution in [3.8, 4) is 0 Å². The fourth-order valence-corrected chi connectivity index (χ4v) is 2.08. The van der Waals surface area contributed by atoms with E-state index in [9.17, 15) is 4.79 Å². The molecule has 1 amide bonds. The third-order valence-corrected chi connectivity index (χ3v) is 2.80. The van der Waals surface area contributed by atoms with Gasteiger partial charge in [0, 0.05) is 31.7 Å². The SMILES string of the molecule is Cn1nc(Br)cc1CC(CN)NC(=O)OC(C)(C)C. The number of carbonyl (C=O) groups is 1. The zero-order valence-corrected chi connectivity index (χ0v) is 13.3. The molecule has 1 unspecified atom stereocenters. The Balaban J connectivity index is 2.59. The summed E-state index contributed by atoms with van der Waals surface area (Å²) in [6, 6.07) is 1.72. The van der Waals surface area contributed by atoms with Gasteiger partial charge in [0.15, 0.2) is 0 Å². The molecule has 1 aromatic rings. The van der Waals surface area contributed by atoms with E-state index in [1.165, 1.54) is 0 Å². The van der Waals surface area contributed by atoms with Gasteiger partial charge in [0.1, 0.15) is 10.2 Å². The quantitative estimate of drug-likeness (QED) is 0.876. The molecule has 0 aromatic carbocycles. The van der Waals surface area contributed by atoms with Crippen molar-refractivity contribution in [2.45, 2.75) is 38.8 Å². The molecule has 3 N–H and O–H groups in total. The van der Waals surface area contributed by atoms with E-state index in [0.29, 0.717) is 13.0 Å². The molecule has 0 fully saturated rings. The fourth-order valence-electron chi connectivity index (χ4n) is 1.58. The monoisotopic (exact) mass is 332 g/mol. The summed E-state index contributed by atoms with van der Waals surface area (Å²) < 4.78 is 7.72. The molecule has 0 radical (unpaired) electrons. The average Bonchev–Trinajstić information content (AvgIpc) is 2.53. The maximum atomic E-state index is 11.7. The molecule has 0 saturated heterocycles. The second-order valence-corrected chi connectivity index (χ2v) is 6.18. The van der Waals surface area contributed by atoms with Gasteiger partial charge in [0.2, 0.25) is 0 Å². The van der Waals surface area contributed by atoms with Gasteiger partial charge in [-0.2, -0.15) is 5.10 Å². The summed E-state index contributed by atoms with van der Waals surface area (Å²) in [5.74, 6) is 0. The smallest absolute Gasteiger partial charge is 0.407 e. The van der Waals surface area contributed by atoms with Crippen molar-refractivity contribution in [1.82, 2.24) is 15.1 Å². The Morgan fingerprint density at radius 3 is 2.68 bits per heavy atom. The van der Waals surface area contributed by atoms with Crippen LogP contribution < -0.4 is 11.1 Å². The minimum Gasteiger partial charge on any atom is -0.444 e. The number of alkyl carbamates (subject to hydrolysis) is 1. The van der Waals surface area contributed by atoms with Crippen LogP contribution in [0.1, 0.15) is 26.5 Å². The van der Waals surface area contributed by atoms with E-state index in [1.54, 1.807) is 4.68 Å². The molecule has 1 rings (SSSR count). The first-order chi connectivity index (χ1) is 8.71. The molecule has 108 valence electrons. The number of nitrogens with zero attached hydrogens (tertiary/aromatic N) is 2. The molecule has 0 spiro atoms. The largest absolute Gasteiger partial charge is 0.444 e. The highest BCUT2D eigenvalue weighted by molar-refractivity contribution is 9.10. The number of hydrogen-bond acceptors (Lipinski definition) is 4. The molecule has 1 atom stereocenters. The molecular weight excluding hydrogens is 312 g/mol. The summed E-state index contributed by atoms with van der Waals surface area (Å²) in [7, 11) is 1.85. The van der Waals surface area contributed by atoms with Gasteiger partial charge in [-0.1, -0.05) is 0 Å². The van der Waals surface area contributed by atoms with Crippen molar-refractivity contribution in [3.63, 3.8) is 0 Å². The van der Waals surface area contributed by atoms with Gasteiger partial charge >= 0.3 is 6.09 Å². The molecule has 19 heavy (non-hydrogen) atoms. The van der Waals surface area contributed by atoms with Gasteiger partial charge in [-0.15, -0.1) is 0 Å². The molecule has 0 aliphatic carbocycles. The first-order valence-electron chi connectivity index (χ1n) is 6.09. The van der Waals surface area contributed by atoms with E-state index in [0.717, 1.165) is 10.3 Å². The highest BCUT2D eigenvalue weighted by Crippen LogP contribution is 2.12. The lowest BCUT2D eigenvalue weighted by Crippen LogP contribution is -2.44. The van der Waals surface area contributed by atoms with Crippen molar-refractivity contribution >= 4 is 22.0 Å². The van der Waals surface area contributed by atoms with Crippen LogP contribution in [0.4, 0.5) is 4.79 Å². The standard InChI is InChI=1S/C12H21BrN4O2/c1-12(2,3)19-11(18)15-8(7-14)5-9-6-10(13)16-17(9)4/h6,8H,5,7,14H2,1-4H3,(H,15,18). The van der Waals surface area contributed by atoms with Crippen molar-refractivity contribution in [1.29, 1.82) is 0 Å². The molecular formula is C12H21BrN4O2. The molecule has 0 aliphatic heterocycles. The van der Waals surface area contributed by atoms with E-state index < -0.39 is 11.7 Å². The lowest BCUT2D eigenvalue weighted by Gasteiger charge is -2.23. The van der Waals surface area contributed by atoms with Gasteiger partial charge in [0.25, 0.3) is 0 Å². The maximum Gasteiger partial charge on any atom is 0.407 e. The first-order valence-corrected chi connectivity index (χ1v) is 6.88. The van der Waals surface area contributed by atoms with Crippen LogP contribution in [0.3, 0.4) is 0 Å². The van der Waals surface area contributed by atoms with Crippen molar-refractivity contribution in [2.75, 3.05) is 6.54 Å². The Hall–Kier alpha value is -1.08. The van der Waals surface area contributed by atoms with Crippen LogP contribution in [0.15, 0.2) is 10.7 Å². The second kappa shape index (κ2) is 6.38. The number of carbonyl (C=O) groups excluding carboxylic acids is 1. The number of halogens is 1. The third-order valence-electron chi connectivity index (χ3n) is 2.41. The van der Waals surface area contributed by atoms with Crippen LogP contribution in [-0.4, -0.2) is 34.1 Å². The number of hydrogen-bond donors (Lipinski definition) is 2. The summed E-state index contributed by atoms with van der Waals surface area (Å²) >= 11 is 3.31. The highest BCUT2D eigenvalue weighted by atomic mass is 79.9. The first kappa shape index (κ1) is 16.0. The summed E-state index contributed by atoms with van der Waals surface area (Å²) in [6.45, 7) is 5.80. The van der Waals surface area contributed by atoms with Gasteiger partial charge in [-0.05, 0) is 42.8 Å². The Morgan fingerprint density at radius 2 is 2.26 bits per heavy atom. The van der Waals surface area contributed by atoms with E-state index in [1.807, 2.05) is 33.9 Å². The van der Waals surface area contributed by atoms with E-state index in [-0.39, 0.29) is 6.04 Å². The summed E-state index contributed by atoms with van der Waals surface area (Å²) in [5.41, 5.74) is 6.15. The maximum absolute atomic E-state index is 11.7. The minimum absolute atomic E-state index is 0.183. The Kier molecular flexibility index (Phi) is 5.37. The molecule has 0 bridgehead atoms. The van der Waals surface area contributed by atoms with Gasteiger partial charge in [-0.25, -0.2) is 4.79 Å². The third kappa shape index (κ3) is 5.61. The lowest BCUT2D eigenvalue weighted by atomic mass is 10.1. The van der Waals surface area contributed by atoms with E-state index in [4.69, 9.17) is 10.5 Å². The van der Waals surface area contributed by atoms with Gasteiger partial charge in [0.05, 0.1) is 0 Å². The molecule has 0 saturated carbocycles. The second-order valence-electron chi connectivity index (χ2n) is 5.36.